The smallest absolute Gasteiger partial charge is 0.0947 e. The van der Waals surface area contributed by atoms with Gasteiger partial charge in [0.15, 0.2) is 0 Å². The van der Waals surface area contributed by atoms with E-state index in [1.165, 1.54) is 5.56 Å². The van der Waals surface area contributed by atoms with Gasteiger partial charge in [0, 0.05) is 12.1 Å². The molecule has 1 aromatic rings. The van der Waals surface area contributed by atoms with Crippen molar-refractivity contribution in [3.63, 3.8) is 0 Å². The number of aliphatic hydroxyl groups excluding tert-OH is 1. The number of aliphatic hydroxyl groups is 1. The van der Waals surface area contributed by atoms with Crippen molar-refractivity contribution in [3.8, 4) is 0 Å². The van der Waals surface area contributed by atoms with Crippen molar-refractivity contribution in [1.82, 2.24) is 5.32 Å². The van der Waals surface area contributed by atoms with E-state index in [4.69, 9.17) is 9.52 Å². The van der Waals surface area contributed by atoms with Crippen molar-refractivity contribution in [2.75, 3.05) is 6.54 Å². The molecule has 13 heavy (non-hydrogen) atoms. The van der Waals surface area contributed by atoms with E-state index >= 15 is 0 Å². The zero-order chi connectivity index (χ0) is 9.10. The molecule has 0 atom stereocenters. The Hall–Kier alpha value is -0.800. The molecule has 2 rings (SSSR count). The lowest BCUT2D eigenvalue weighted by Gasteiger charge is -2.31. The molecule has 1 aliphatic rings. The number of furan rings is 1. The quantitative estimate of drug-likeness (QED) is 0.732. The van der Waals surface area contributed by atoms with Gasteiger partial charge in [0.25, 0.3) is 0 Å². The van der Waals surface area contributed by atoms with Crippen molar-refractivity contribution in [3.05, 3.63) is 24.2 Å². The lowest BCUT2D eigenvalue weighted by Crippen LogP contribution is -2.35. The average molecular weight is 181 g/mol. The molecule has 0 unspecified atom stereocenters. The topological polar surface area (TPSA) is 45.4 Å². The van der Waals surface area contributed by atoms with Crippen LogP contribution in [0.25, 0.3) is 0 Å². The first-order valence-electron chi connectivity index (χ1n) is 4.74. The lowest BCUT2D eigenvalue weighted by molar-refractivity contribution is 0.0429. The van der Waals surface area contributed by atoms with Gasteiger partial charge in [-0.05, 0) is 31.4 Å². The first-order valence-corrected chi connectivity index (χ1v) is 4.74. The number of rotatable bonds is 4. The van der Waals surface area contributed by atoms with E-state index in [0.29, 0.717) is 5.92 Å². The van der Waals surface area contributed by atoms with Crippen molar-refractivity contribution < 1.29 is 9.52 Å². The van der Waals surface area contributed by atoms with Gasteiger partial charge in [-0.3, -0.25) is 0 Å². The fraction of sp³-hybridized carbons (Fsp3) is 0.600. The second kappa shape index (κ2) is 3.94. The van der Waals surface area contributed by atoms with Gasteiger partial charge >= 0.3 is 0 Å². The molecule has 0 saturated heterocycles. The maximum atomic E-state index is 9.06. The van der Waals surface area contributed by atoms with Gasteiger partial charge in [0.2, 0.25) is 0 Å². The van der Waals surface area contributed by atoms with Crippen LogP contribution >= 0.6 is 0 Å². The minimum atomic E-state index is -0.0410. The van der Waals surface area contributed by atoms with Crippen LogP contribution in [0.5, 0.6) is 0 Å². The summed E-state index contributed by atoms with van der Waals surface area (Å²) in [6, 6.07) is 1.96. The lowest BCUT2D eigenvalue weighted by atomic mass is 9.82. The number of hydrogen-bond acceptors (Lipinski definition) is 3. The third-order valence-electron chi connectivity index (χ3n) is 2.55. The molecule has 0 aliphatic heterocycles. The van der Waals surface area contributed by atoms with Crippen LogP contribution in [0, 0.1) is 5.92 Å². The summed E-state index contributed by atoms with van der Waals surface area (Å²) in [5, 5.41) is 12.4. The average Bonchev–Trinajstić information content (AvgIpc) is 2.53. The predicted octanol–water partition coefficient (Wildman–Crippen LogP) is 1.14. The second-order valence-electron chi connectivity index (χ2n) is 3.75. The molecule has 1 aliphatic carbocycles. The first-order chi connectivity index (χ1) is 6.34. The number of hydrogen-bond donors (Lipinski definition) is 2. The van der Waals surface area contributed by atoms with Gasteiger partial charge < -0.3 is 14.8 Å². The van der Waals surface area contributed by atoms with Crippen LogP contribution < -0.4 is 5.32 Å². The molecule has 0 amide bonds. The van der Waals surface area contributed by atoms with Gasteiger partial charge in [-0.15, -0.1) is 0 Å². The van der Waals surface area contributed by atoms with Crippen LogP contribution in [0.4, 0.5) is 0 Å². The Morgan fingerprint density at radius 2 is 2.38 bits per heavy atom. The standard InChI is InChI=1S/C10H15NO2/c12-10-3-9(4-10)6-11-5-8-1-2-13-7-8/h1-2,7,9-12H,3-6H2. The van der Waals surface area contributed by atoms with E-state index in [9.17, 15) is 0 Å². The second-order valence-corrected chi connectivity index (χ2v) is 3.75. The largest absolute Gasteiger partial charge is 0.472 e. The third kappa shape index (κ3) is 2.32. The van der Waals surface area contributed by atoms with Crippen LogP contribution in [-0.4, -0.2) is 17.8 Å². The molecule has 3 nitrogen and oxygen atoms in total. The molecule has 0 aromatic carbocycles. The summed E-state index contributed by atoms with van der Waals surface area (Å²) < 4.78 is 4.95. The van der Waals surface area contributed by atoms with E-state index in [1.807, 2.05) is 6.07 Å². The van der Waals surface area contributed by atoms with Crippen molar-refractivity contribution >= 4 is 0 Å². The van der Waals surface area contributed by atoms with Crippen molar-refractivity contribution in [2.24, 2.45) is 5.92 Å². The SMILES string of the molecule is OC1CC(CNCc2ccoc2)C1. The molecule has 2 N–H and O–H groups in total. The van der Waals surface area contributed by atoms with E-state index in [2.05, 4.69) is 5.32 Å². The molecule has 1 heterocycles. The Morgan fingerprint density at radius 1 is 1.54 bits per heavy atom. The van der Waals surface area contributed by atoms with Gasteiger partial charge in [-0.2, -0.15) is 0 Å². The van der Waals surface area contributed by atoms with Gasteiger partial charge in [-0.25, -0.2) is 0 Å². The molecule has 0 radical (unpaired) electrons. The molecule has 3 heteroatoms. The fourth-order valence-electron chi connectivity index (χ4n) is 1.68. The summed E-state index contributed by atoms with van der Waals surface area (Å²) in [5.41, 5.74) is 1.18. The highest BCUT2D eigenvalue weighted by Gasteiger charge is 2.26. The van der Waals surface area contributed by atoms with E-state index < -0.39 is 0 Å². The Balaban J connectivity index is 1.59. The highest BCUT2D eigenvalue weighted by atomic mass is 16.3. The first kappa shape index (κ1) is 8.78. The zero-order valence-electron chi connectivity index (χ0n) is 7.57. The molecular weight excluding hydrogens is 166 g/mol. The Bertz CT molecular complexity index is 239. The Morgan fingerprint density at radius 3 is 3.00 bits per heavy atom. The summed E-state index contributed by atoms with van der Waals surface area (Å²) in [5.74, 6) is 0.668. The van der Waals surface area contributed by atoms with Gasteiger partial charge in [0.05, 0.1) is 18.6 Å². The molecule has 72 valence electrons. The molecular formula is C10H15NO2. The van der Waals surface area contributed by atoms with E-state index in [0.717, 1.165) is 25.9 Å². The molecule has 1 saturated carbocycles. The van der Waals surface area contributed by atoms with Crippen LogP contribution in [-0.2, 0) is 6.54 Å². The zero-order valence-corrected chi connectivity index (χ0v) is 7.57. The molecule has 0 bridgehead atoms. The third-order valence-corrected chi connectivity index (χ3v) is 2.55. The summed E-state index contributed by atoms with van der Waals surface area (Å²) in [4.78, 5) is 0. The molecule has 0 spiro atoms. The van der Waals surface area contributed by atoms with Gasteiger partial charge in [0.1, 0.15) is 0 Å². The highest BCUT2D eigenvalue weighted by molar-refractivity contribution is 5.04. The van der Waals surface area contributed by atoms with Crippen molar-refractivity contribution in [1.29, 1.82) is 0 Å². The summed E-state index contributed by atoms with van der Waals surface area (Å²) in [6.45, 7) is 1.87. The Kier molecular flexibility index (Phi) is 2.66. The van der Waals surface area contributed by atoms with E-state index in [-0.39, 0.29) is 6.10 Å². The van der Waals surface area contributed by atoms with Crippen LogP contribution in [0.3, 0.4) is 0 Å². The molecule has 1 fully saturated rings. The summed E-state index contributed by atoms with van der Waals surface area (Å²) in [7, 11) is 0. The number of nitrogens with one attached hydrogen (secondary N) is 1. The van der Waals surface area contributed by atoms with Crippen molar-refractivity contribution in [2.45, 2.75) is 25.5 Å². The maximum Gasteiger partial charge on any atom is 0.0947 e. The van der Waals surface area contributed by atoms with E-state index in [1.54, 1.807) is 12.5 Å². The minimum absolute atomic E-state index is 0.0410. The minimum Gasteiger partial charge on any atom is -0.472 e. The summed E-state index contributed by atoms with van der Waals surface area (Å²) in [6.07, 6.45) is 5.31. The van der Waals surface area contributed by atoms with Gasteiger partial charge in [-0.1, -0.05) is 0 Å². The van der Waals surface area contributed by atoms with Crippen LogP contribution in [0.15, 0.2) is 23.0 Å². The Labute approximate surface area is 77.8 Å². The fourth-order valence-corrected chi connectivity index (χ4v) is 1.68. The predicted molar refractivity (Wildman–Crippen MR) is 49.1 cm³/mol. The normalized spacial score (nSPS) is 27.2. The summed E-state index contributed by atoms with van der Waals surface area (Å²) >= 11 is 0. The maximum absolute atomic E-state index is 9.06. The van der Waals surface area contributed by atoms with Crippen LogP contribution in [0.2, 0.25) is 0 Å². The monoisotopic (exact) mass is 181 g/mol. The molecule has 1 aromatic heterocycles. The van der Waals surface area contributed by atoms with Crippen LogP contribution in [0.1, 0.15) is 18.4 Å². The highest BCUT2D eigenvalue weighted by Crippen LogP contribution is 2.26.